The first-order valence-corrected chi connectivity index (χ1v) is 9.96. The number of carbonyl (C=O) groups is 3. The van der Waals surface area contributed by atoms with Crippen molar-refractivity contribution < 1.29 is 23.9 Å². The predicted molar refractivity (Wildman–Crippen MR) is 111 cm³/mol. The molecule has 1 heterocycles. The molecule has 1 saturated heterocycles. The number of benzene rings is 2. The lowest BCUT2D eigenvalue weighted by Gasteiger charge is -2.34. The van der Waals surface area contributed by atoms with E-state index in [9.17, 15) is 14.4 Å². The van der Waals surface area contributed by atoms with Gasteiger partial charge in [0, 0.05) is 39.5 Å². The molecule has 1 aliphatic heterocycles. The molecule has 0 N–H and O–H groups in total. The van der Waals surface area contributed by atoms with Gasteiger partial charge in [-0.05, 0) is 17.2 Å². The molecule has 0 atom stereocenters. The van der Waals surface area contributed by atoms with Gasteiger partial charge in [0.15, 0.2) is 13.2 Å². The molecule has 158 valence electrons. The molecule has 2 aromatic carbocycles. The zero-order chi connectivity index (χ0) is 21.3. The Morgan fingerprint density at radius 1 is 0.833 bits per heavy atom. The van der Waals surface area contributed by atoms with Crippen molar-refractivity contribution in [1.82, 2.24) is 9.80 Å². The predicted octanol–water partition coefficient (Wildman–Crippen LogP) is 1.89. The zero-order valence-corrected chi connectivity index (χ0v) is 17.1. The minimum absolute atomic E-state index is 0.00165. The van der Waals surface area contributed by atoms with Gasteiger partial charge in [0.25, 0.3) is 5.91 Å². The van der Waals surface area contributed by atoms with Gasteiger partial charge in [0.1, 0.15) is 5.75 Å². The number of rotatable bonds is 7. The Morgan fingerprint density at radius 3 is 2.17 bits per heavy atom. The summed E-state index contributed by atoms with van der Waals surface area (Å²) in [6.07, 6.45) is 0.691. The number of ether oxygens (including phenoxy) is 2. The molecule has 0 radical (unpaired) electrons. The smallest absolute Gasteiger partial charge is 0.344 e. The second-order valence-corrected chi connectivity index (χ2v) is 7.11. The van der Waals surface area contributed by atoms with E-state index < -0.39 is 5.97 Å². The molecule has 0 bridgehead atoms. The van der Waals surface area contributed by atoms with Gasteiger partial charge in [-0.15, -0.1) is 0 Å². The fourth-order valence-corrected chi connectivity index (χ4v) is 3.29. The SMILES string of the molecule is CC(=O)N1CCN(C(=O)COC(=O)COc2ccccc2Cc2ccccc2)CC1. The summed E-state index contributed by atoms with van der Waals surface area (Å²) in [6, 6.07) is 17.5. The maximum Gasteiger partial charge on any atom is 0.344 e. The van der Waals surface area contributed by atoms with E-state index in [2.05, 4.69) is 0 Å². The van der Waals surface area contributed by atoms with E-state index in [1.807, 2.05) is 54.6 Å². The number of amides is 2. The highest BCUT2D eigenvalue weighted by molar-refractivity contribution is 5.81. The zero-order valence-electron chi connectivity index (χ0n) is 17.1. The van der Waals surface area contributed by atoms with E-state index in [1.165, 1.54) is 6.92 Å². The molecule has 0 unspecified atom stereocenters. The van der Waals surface area contributed by atoms with Gasteiger partial charge in [0.2, 0.25) is 5.91 Å². The third-order valence-electron chi connectivity index (χ3n) is 4.99. The summed E-state index contributed by atoms with van der Waals surface area (Å²) in [6.45, 7) is 2.80. The molecular weight excluding hydrogens is 384 g/mol. The fraction of sp³-hybridized carbons (Fsp3) is 0.348. The Labute approximate surface area is 176 Å². The first-order valence-electron chi connectivity index (χ1n) is 9.96. The number of hydrogen-bond donors (Lipinski definition) is 0. The normalized spacial score (nSPS) is 13.6. The van der Waals surface area contributed by atoms with Crippen LogP contribution in [0.15, 0.2) is 54.6 Å². The lowest BCUT2D eigenvalue weighted by Crippen LogP contribution is -2.51. The Balaban J connectivity index is 1.44. The summed E-state index contributed by atoms with van der Waals surface area (Å²) in [5, 5.41) is 0. The van der Waals surface area contributed by atoms with E-state index in [4.69, 9.17) is 9.47 Å². The first kappa shape index (κ1) is 21.4. The second-order valence-electron chi connectivity index (χ2n) is 7.11. The van der Waals surface area contributed by atoms with E-state index in [0.717, 1.165) is 11.1 Å². The maximum absolute atomic E-state index is 12.2. The van der Waals surface area contributed by atoms with Gasteiger partial charge < -0.3 is 19.3 Å². The number of esters is 1. The molecular formula is C23H26N2O5. The minimum Gasteiger partial charge on any atom is -0.482 e. The van der Waals surface area contributed by atoms with Crippen LogP contribution >= 0.6 is 0 Å². The highest BCUT2D eigenvalue weighted by Gasteiger charge is 2.23. The van der Waals surface area contributed by atoms with Crippen LogP contribution in [0.4, 0.5) is 0 Å². The fourth-order valence-electron chi connectivity index (χ4n) is 3.29. The second kappa shape index (κ2) is 10.4. The largest absolute Gasteiger partial charge is 0.482 e. The lowest BCUT2D eigenvalue weighted by molar-refractivity contribution is -0.154. The summed E-state index contributed by atoms with van der Waals surface area (Å²) in [5.74, 6) is -0.250. The first-order chi connectivity index (χ1) is 14.5. The average molecular weight is 410 g/mol. The quantitative estimate of drug-likeness (QED) is 0.652. The number of nitrogens with zero attached hydrogens (tertiary/aromatic N) is 2. The third-order valence-corrected chi connectivity index (χ3v) is 4.99. The highest BCUT2D eigenvalue weighted by atomic mass is 16.6. The maximum atomic E-state index is 12.2. The van der Waals surface area contributed by atoms with E-state index in [-0.39, 0.29) is 25.0 Å². The number of hydrogen-bond acceptors (Lipinski definition) is 5. The van der Waals surface area contributed by atoms with Crippen LogP contribution in [-0.4, -0.2) is 67.0 Å². The van der Waals surface area contributed by atoms with Crippen LogP contribution in [0.5, 0.6) is 5.75 Å². The Kier molecular flexibility index (Phi) is 7.43. The lowest BCUT2D eigenvalue weighted by atomic mass is 10.0. The van der Waals surface area contributed by atoms with Crippen LogP contribution in [0, 0.1) is 0 Å². The van der Waals surface area contributed by atoms with Crippen LogP contribution in [-0.2, 0) is 25.5 Å². The van der Waals surface area contributed by atoms with Crippen LogP contribution in [0.2, 0.25) is 0 Å². The van der Waals surface area contributed by atoms with Crippen molar-refractivity contribution in [3.8, 4) is 5.75 Å². The van der Waals surface area contributed by atoms with E-state index >= 15 is 0 Å². The highest BCUT2D eigenvalue weighted by Crippen LogP contribution is 2.21. The van der Waals surface area contributed by atoms with E-state index in [1.54, 1.807) is 9.80 Å². The molecule has 7 nitrogen and oxygen atoms in total. The van der Waals surface area contributed by atoms with Gasteiger partial charge >= 0.3 is 5.97 Å². The van der Waals surface area contributed by atoms with Crippen LogP contribution < -0.4 is 4.74 Å². The van der Waals surface area contributed by atoms with Crippen molar-refractivity contribution in [3.05, 3.63) is 65.7 Å². The van der Waals surface area contributed by atoms with Gasteiger partial charge in [-0.1, -0.05) is 48.5 Å². The third kappa shape index (κ3) is 6.07. The average Bonchev–Trinajstić information content (AvgIpc) is 2.77. The molecule has 0 aromatic heterocycles. The van der Waals surface area contributed by atoms with Crippen molar-refractivity contribution in [1.29, 1.82) is 0 Å². The summed E-state index contributed by atoms with van der Waals surface area (Å²) >= 11 is 0. The Morgan fingerprint density at radius 2 is 1.47 bits per heavy atom. The molecule has 1 aliphatic rings. The van der Waals surface area contributed by atoms with Crippen molar-refractivity contribution in [3.63, 3.8) is 0 Å². The minimum atomic E-state index is -0.597. The molecule has 1 fully saturated rings. The number of para-hydroxylation sites is 1. The molecule has 3 rings (SSSR count). The summed E-state index contributed by atoms with van der Waals surface area (Å²) in [7, 11) is 0. The van der Waals surface area contributed by atoms with Crippen LogP contribution in [0.25, 0.3) is 0 Å². The van der Waals surface area contributed by atoms with Crippen LogP contribution in [0.3, 0.4) is 0 Å². The molecule has 0 saturated carbocycles. The number of carbonyl (C=O) groups excluding carboxylic acids is 3. The summed E-state index contributed by atoms with van der Waals surface area (Å²) in [4.78, 5) is 38.9. The molecule has 0 spiro atoms. The van der Waals surface area contributed by atoms with Crippen molar-refractivity contribution in [2.24, 2.45) is 0 Å². The van der Waals surface area contributed by atoms with Crippen molar-refractivity contribution in [2.45, 2.75) is 13.3 Å². The molecule has 30 heavy (non-hydrogen) atoms. The van der Waals surface area contributed by atoms with Crippen molar-refractivity contribution in [2.75, 3.05) is 39.4 Å². The Bertz CT molecular complexity index is 876. The monoisotopic (exact) mass is 410 g/mol. The molecule has 2 amide bonds. The summed E-state index contributed by atoms with van der Waals surface area (Å²) < 4.78 is 10.7. The van der Waals surface area contributed by atoms with Gasteiger partial charge in [0.05, 0.1) is 0 Å². The number of piperazine rings is 1. The van der Waals surface area contributed by atoms with E-state index in [0.29, 0.717) is 38.3 Å². The van der Waals surface area contributed by atoms with Gasteiger partial charge in [-0.25, -0.2) is 4.79 Å². The van der Waals surface area contributed by atoms with Crippen molar-refractivity contribution >= 4 is 17.8 Å². The van der Waals surface area contributed by atoms with Gasteiger partial charge in [-0.3, -0.25) is 9.59 Å². The molecule has 0 aliphatic carbocycles. The topological polar surface area (TPSA) is 76.2 Å². The summed E-state index contributed by atoms with van der Waals surface area (Å²) in [5.41, 5.74) is 2.11. The standard InChI is InChI=1S/C23H26N2O5/c1-18(26)24-11-13-25(14-12-24)22(27)16-30-23(28)17-29-21-10-6-5-9-20(21)15-19-7-3-2-4-8-19/h2-10H,11-17H2,1H3. The molecule has 2 aromatic rings. The van der Waals surface area contributed by atoms with Crippen LogP contribution in [0.1, 0.15) is 18.1 Å². The van der Waals surface area contributed by atoms with Gasteiger partial charge in [-0.2, -0.15) is 0 Å². The molecule has 7 heteroatoms. The Hall–Kier alpha value is -3.35.